The van der Waals surface area contributed by atoms with Crippen LogP contribution < -0.4 is 10.1 Å². The molecule has 4 heterocycles. The van der Waals surface area contributed by atoms with E-state index < -0.39 is 0 Å². The van der Waals surface area contributed by atoms with Crippen LogP contribution in [0.3, 0.4) is 0 Å². The van der Waals surface area contributed by atoms with Crippen molar-refractivity contribution in [2.75, 3.05) is 11.9 Å². The zero-order valence-corrected chi connectivity index (χ0v) is 19.1. The molecule has 4 aromatic heterocycles. The minimum atomic E-state index is 0.271. The van der Waals surface area contributed by atoms with Crippen molar-refractivity contribution < 1.29 is 4.74 Å². The normalized spacial score (nSPS) is 10.8. The van der Waals surface area contributed by atoms with Gasteiger partial charge in [0.15, 0.2) is 11.5 Å². The fourth-order valence-electron chi connectivity index (χ4n) is 3.69. The molecule has 0 bridgehead atoms. The van der Waals surface area contributed by atoms with Crippen molar-refractivity contribution in [1.82, 2.24) is 34.9 Å². The fourth-order valence-corrected chi connectivity index (χ4v) is 3.69. The number of imidazole rings is 1. The first-order valence-electron chi connectivity index (χ1n) is 10.8. The summed E-state index contributed by atoms with van der Waals surface area (Å²) in [7, 11) is 0. The number of nitrogens with zero attached hydrogens (tertiary/aromatic N) is 7. The molecule has 1 aromatic carbocycles. The van der Waals surface area contributed by atoms with E-state index in [0.29, 0.717) is 35.2 Å². The summed E-state index contributed by atoms with van der Waals surface area (Å²) in [6.45, 7) is 7.79. The van der Waals surface area contributed by atoms with Gasteiger partial charge in [0.2, 0.25) is 0 Å². The first kappa shape index (κ1) is 21.8. The van der Waals surface area contributed by atoms with Gasteiger partial charge in [-0.1, -0.05) is 12.7 Å². The Morgan fingerprint density at radius 2 is 2.06 bits per heavy atom. The molecule has 172 valence electrons. The van der Waals surface area contributed by atoms with Crippen LogP contribution in [0.1, 0.15) is 17.1 Å². The number of aromatic amines is 1. The van der Waals surface area contributed by atoms with Gasteiger partial charge in [-0.3, -0.25) is 9.67 Å². The third-order valence-electron chi connectivity index (χ3n) is 5.33. The van der Waals surface area contributed by atoms with Crippen molar-refractivity contribution >= 4 is 22.5 Å². The van der Waals surface area contributed by atoms with Crippen LogP contribution in [0, 0.1) is 25.2 Å². The molecule has 35 heavy (non-hydrogen) atoms. The molecule has 0 unspecified atom stereocenters. The molecule has 2 N–H and O–H groups in total. The largest absolute Gasteiger partial charge is 0.489 e. The van der Waals surface area contributed by atoms with E-state index in [9.17, 15) is 5.26 Å². The maximum atomic E-state index is 9.51. The van der Waals surface area contributed by atoms with Gasteiger partial charge >= 0.3 is 0 Å². The number of H-pyrrole nitrogens is 1. The Hall–Kier alpha value is -5.04. The monoisotopic (exact) mass is 463 g/mol. The molecule has 0 fully saturated rings. The van der Waals surface area contributed by atoms with Crippen LogP contribution in [0.5, 0.6) is 5.75 Å². The van der Waals surface area contributed by atoms with Crippen LogP contribution in [0.4, 0.5) is 11.5 Å². The van der Waals surface area contributed by atoms with E-state index >= 15 is 0 Å². The van der Waals surface area contributed by atoms with Gasteiger partial charge in [-0.15, -0.1) is 5.10 Å². The quantitative estimate of drug-likeness (QED) is 0.340. The number of nitriles is 1. The maximum absolute atomic E-state index is 9.51. The number of aromatic nitrogens is 7. The van der Waals surface area contributed by atoms with Crippen molar-refractivity contribution in [3.8, 4) is 28.9 Å². The summed E-state index contributed by atoms with van der Waals surface area (Å²) in [5.74, 6) is 1.84. The Labute approximate surface area is 201 Å². The minimum absolute atomic E-state index is 0.271. The predicted octanol–water partition coefficient (Wildman–Crippen LogP) is 4.40. The van der Waals surface area contributed by atoms with Crippen molar-refractivity contribution in [3.63, 3.8) is 0 Å². The summed E-state index contributed by atoms with van der Waals surface area (Å²) < 4.78 is 7.70. The number of benzene rings is 1. The van der Waals surface area contributed by atoms with Gasteiger partial charge in [-0.25, -0.2) is 9.97 Å². The van der Waals surface area contributed by atoms with E-state index in [1.165, 1.54) is 0 Å². The Bertz CT molecular complexity index is 1580. The number of aryl methyl sites for hydroxylation is 2. The van der Waals surface area contributed by atoms with E-state index in [4.69, 9.17) is 9.72 Å². The van der Waals surface area contributed by atoms with Crippen LogP contribution in [-0.2, 0) is 0 Å². The van der Waals surface area contributed by atoms with E-state index in [-0.39, 0.29) is 5.69 Å². The Balaban J connectivity index is 1.56. The highest BCUT2D eigenvalue weighted by Gasteiger charge is 2.17. The number of rotatable bonds is 7. The van der Waals surface area contributed by atoms with Crippen LogP contribution >= 0.6 is 0 Å². The number of pyridine rings is 1. The molecule has 5 aromatic rings. The average Bonchev–Trinajstić information content (AvgIpc) is 3.46. The first-order valence-corrected chi connectivity index (χ1v) is 10.8. The number of hydrogen-bond acceptors (Lipinski definition) is 8. The molecule has 0 spiro atoms. The predicted molar refractivity (Wildman–Crippen MR) is 132 cm³/mol. The molecular formula is C25H21N9O. The third kappa shape index (κ3) is 4.30. The zero-order chi connectivity index (χ0) is 24.4. The second-order valence-corrected chi connectivity index (χ2v) is 7.83. The molecule has 0 aliphatic heterocycles. The highest BCUT2D eigenvalue weighted by Crippen LogP contribution is 2.30. The van der Waals surface area contributed by atoms with Crippen molar-refractivity contribution in [1.29, 1.82) is 5.26 Å². The number of hydrogen-bond donors (Lipinski definition) is 2. The second-order valence-electron chi connectivity index (χ2n) is 7.83. The van der Waals surface area contributed by atoms with Crippen molar-refractivity contribution in [3.05, 3.63) is 78.5 Å². The van der Waals surface area contributed by atoms with Crippen LogP contribution in [-0.4, -0.2) is 41.5 Å². The van der Waals surface area contributed by atoms with E-state index in [2.05, 4.69) is 43.3 Å². The second kappa shape index (κ2) is 9.07. The Morgan fingerprint density at radius 1 is 1.17 bits per heavy atom. The summed E-state index contributed by atoms with van der Waals surface area (Å²) in [6, 6.07) is 15.3. The highest BCUT2D eigenvalue weighted by molar-refractivity contribution is 5.82. The smallest absolute Gasteiger partial charge is 0.171 e. The third-order valence-corrected chi connectivity index (χ3v) is 5.33. The minimum Gasteiger partial charge on any atom is -0.489 e. The van der Waals surface area contributed by atoms with Crippen molar-refractivity contribution in [2.45, 2.75) is 13.8 Å². The van der Waals surface area contributed by atoms with Gasteiger partial charge in [0.1, 0.15) is 30.6 Å². The molecule has 10 heteroatoms. The lowest BCUT2D eigenvalue weighted by atomic mass is 10.1. The number of fused-ring (bicyclic) bond motifs is 1. The topological polar surface area (TPSA) is 130 Å². The van der Waals surface area contributed by atoms with E-state index in [1.54, 1.807) is 18.5 Å². The highest BCUT2D eigenvalue weighted by atomic mass is 16.5. The summed E-state index contributed by atoms with van der Waals surface area (Å²) in [5, 5.41) is 27.9. The van der Waals surface area contributed by atoms with Gasteiger partial charge in [0.25, 0.3) is 0 Å². The maximum Gasteiger partial charge on any atom is 0.171 e. The van der Waals surface area contributed by atoms with E-state index in [0.717, 1.165) is 28.1 Å². The SMILES string of the molecule is C=CCOc1cc(-c2c(C#N)n[nH]c2C)nc(-n2cnc3cc(Nc4ccc(C)nn4)ccc32)c1. The van der Waals surface area contributed by atoms with Gasteiger partial charge in [-0.05, 0) is 44.2 Å². The van der Waals surface area contributed by atoms with Gasteiger partial charge in [0.05, 0.1) is 28.0 Å². The lowest BCUT2D eigenvalue weighted by Gasteiger charge is -2.11. The molecule has 0 saturated carbocycles. The summed E-state index contributed by atoms with van der Waals surface area (Å²) in [6.07, 6.45) is 3.38. The van der Waals surface area contributed by atoms with Gasteiger partial charge in [0, 0.05) is 23.5 Å². The molecule has 0 aliphatic carbocycles. The van der Waals surface area contributed by atoms with Crippen LogP contribution in [0.15, 0.2) is 61.4 Å². The summed E-state index contributed by atoms with van der Waals surface area (Å²) in [5.41, 5.74) is 5.53. The first-order chi connectivity index (χ1) is 17.1. The average molecular weight is 464 g/mol. The molecule has 5 rings (SSSR count). The van der Waals surface area contributed by atoms with Crippen molar-refractivity contribution in [2.24, 2.45) is 0 Å². The Morgan fingerprint density at radius 3 is 2.83 bits per heavy atom. The van der Waals surface area contributed by atoms with Gasteiger partial charge < -0.3 is 10.1 Å². The molecule has 0 aliphatic rings. The number of anilines is 2. The Kier molecular flexibility index (Phi) is 5.65. The number of nitrogens with one attached hydrogen (secondary N) is 2. The van der Waals surface area contributed by atoms with Crippen LogP contribution in [0.2, 0.25) is 0 Å². The zero-order valence-electron chi connectivity index (χ0n) is 19.1. The summed E-state index contributed by atoms with van der Waals surface area (Å²) in [4.78, 5) is 9.38. The molecule has 0 atom stereocenters. The lowest BCUT2D eigenvalue weighted by molar-refractivity contribution is 0.363. The fraction of sp³-hybridized carbons (Fsp3) is 0.120. The molecule has 0 radical (unpaired) electrons. The van der Waals surface area contributed by atoms with E-state index in [1.807, 2.05) is 54.8 Å². The molecule has 0 amide bonds. The van der Waals surface area contributed by atoms with Crippen LogP contribution in [0.25, 0.3) is 28.1 Å². The standard InChI is InChI=1S/C25H21N9O/c1-4-9-35-18-11-20(25-16(3)31-32-21(25)13-26)29-24(12-18)34-14-27-19-10-17(6-7-22(19)34)28-23-8-5-15(2)30-33-23/h4-8,10-12,14H,1,9H2,2-3H3,(H,28,33)(H,31,32). The van der Waals surface area contributed by atoms with Gasteiger partial charge in [-0.2, -0.15) is 15.5 Å². The molecule has 0 saturated heterocycles. The molecule has 10 nitrogen and oxygen atoms in total. The summed E-state index contributed by atoms with van der Waals surface area (Å²) >= 11 is 0. The lowest BCUT2D eigenvalue weighted by Crippen LogP contribution is -2.02. The molecular weight excluding hydrogens is 442 g/mol. The number of ether oxygens (including phenoxy) is 1.